The molecule has 0 saturated carbocycles. The van der Waals surface area contributed by atoms with Gasteiger partial charge in [-0.15, -0.1) is 0 Å². The topological polar surface area (TPSA) is 94.0 Å². The maximum Gasteiger partial charge on any atom is 0.267 e. The summed E-state index contributed by atoms with van der Waals surface area (Å²) in [6, 6.07) is 3.58. The highest BCUT2D eigenvalue weighted by Crippen LogP contribution is 2.07. The molecule has 0 aliphatic rings. The van der Waals surface area contributed by atoms with E-state index >= 15 is 0 Å². The maximum atomic E-state index is 10.8. The number of amides is 1. The molecule has 0 aromatic carbocycles. The molecule has 82 valence electrons. The summed E-state index contributed by atoms with van der Waals surface area (Å²) in [4.78, 5) is 14.7. The molecule has 5 N–H and O–H groups in total. The molecule has 0 saturated heterocycles. The third kappa shape index (κ3) is 3.95. The molecule has 0 fully saturated rings. The van der Waals surface area contributed by atoms with E-state index in [2.05, 4.69) is 10.3 Å². The quantitative estimate of drug-likeness (QED) is 0.650. The molecule has 5 heteroatoms. The average molecular weight is 208 g/mol. The van der Waals surface area contributed by atoms with Gasteiger partial charge < -0.3 is 16.8 Å². The summed E-state index contributed by atoms with van der Waals surface area (Å²) in [6.07, 6.45) is 2.42. The highest BCUT2D eigenvalue weighted by atomic mass is 16.1. The van der Waals surface area contributed by atoms with Gasteiger partial charge in [-0.3, -0.25) is 9.78 Å². The number of hydrogen-bond donors (Lipinski definition) is 3. The summed E-state index contributed by atoms with van der Waals surface area (Å²) in [5, 5.41) is 3.14. The Kier molecular flexibility index (Phi) is 4.05. The zero-order valence-corrected chi connectivity index (χ0v) is 8.73. The first-order chi connectivity index (χ1) is 7.09. The highest BCUT2D eigenvalue weighted by Gasteiger charge is 2.02. The number of anilines is 1. The molecule has 0 aliphatic heterocycles. The standard InChI is InChI=1S/C10H16N4O/c1-7(11)2-4-13-8-3-5-14-9(6-8)10(12)15/h3,5-7H,2,4,11H2,1H3,(H2,12,15)(H,13,14). The molecular weight excluding hydrogens is 192 g/mol. The van der Waals surface area contributed by atoms with Crippen LogP contribution in [0.5, 0.6) is 0 Å². The van der Waals surface area contributed by atoms with Gasteiger partial charge in [0.2, 0.25) is 0 Å². The SMILES string of the molecule is CC(N)CCNc1ccnc(C(N)=O)c1. The predicted octanol–water partition coefficient (Wildman–Crippen LogP) is 0.330. The predicted molar refractivity (Wildman–Crippen MR) is 59.5 cm³/mol. The van der Waals surface area contributed by atoms with Crippen molar-refractivity contribution in [1.29, 1.82) is 0 Å². The van der Waals surface area contributed by atoms with Crippen molar-refractivity contribution in [1.82, 2.24) is 4.98 Å². The minimum Gasteiger partial charge on any atom is -0.385 e. The summed E-state index contributed by atoms with van der Waals surface area (Å²) >= 11 is 0. The molecule has 1 aromatic rings. The first-order valence-corrected chi connectivity index (χ1v) is 4.85. The Bertz CT molecular complexity index is 338. The van der Waals surface area contributed by atoms with Gasteiger partial charge in [0.1, 0.15) is 5.69 Å². The lowest BCUT2D eigenvalue weighted by Gasteiger charge is -2.08. The molecule has 0 spiro atoms. The molecule has 15 heavy (non-hydrogen) atoms. The van der Waals surface area contributed by atoms with Crippen LogP contribution in [0.2, 0.25) is 0 Å². The molecule has 5 nitrogen and oxygen atoms in total. The average Bonchev–Trinajstić information content (AvgIpc) is 2.17. The Hall–Kier alpha value is -1.62. The van der Waals surface area contributed by atoms with Crippen molar-refractivity contribution in [3.8, 4) is 0 Å². The van der Waals surface area contributed by atoms with Crippen LogP contribution in [0.3, 0.4) is 0 Å². The fourth-order valence-corrected chi connectivity index (χ4v) is 1.12. The van der Waals surface area contributed by atoms with Crippen LogP contribution in [-0.4, -0.2) is 23.5 Å². The van der Waals surface area contributed by atoms with Crippen molar-refractivity contribution in [2.75, 3.05) is 11.9 Å². The first-order valence-electron chi connectivity index (χ1n) is 4.85. The summed E-state index contributed by atoms with van der Waals surface area (Å²) in [6.45, 7) is 2.71. The van der Waals surface area contributed by atoms with E-state index in [0.717, 1.165) is 18.7 Å². The third-order valence-electron chi connectivity index (χ3n) is 1.94. The van der Waals surface area contributed by atoms with E-state index < -0.39 is 5.91 Å². The van der Waals surface area contributed by atoms with Crippen LogP contribution in [0, 0.1) is 0 Å². The Morgan fingerprint density at radius 3 is 3.00 bits per heavy atom. The lowest BCUT2D eigenvalue weighted by Crippen LogP contribution is -2.19. The van der Waals surface area contributed by atoms with Gasteiger partial charge in [0, 0.05) is 24.5 Å². The second-order valence-corrected chi connectivity index (χ2v) is 3.49. The van der Waals surface area contributed by atoms with Crippen molar-refractivity contribution >= 4 is 11.6 Å². The molecule has 0 bridgehead atoms. The number of nitrogens with two attached hydrogens (primary N) is 2. The van der Waals surface area contributed by atoms with Gasteiger partial charge >= 0.3 is 0 Å². The van der Waals surface area contributed by atoms with Crippen LogP contribution in [0.25, 0.3) is 0 Å². The maximum absolute atomic E-state index is 10.8. The normalized spacial score (nSPS) is 12.1. The van der Waals surface area contributed by atoms with Crippen LogP contribution < -0.4 is 16.8 Å². The lowest BCUT2D eigenvalue weighted by molar-refractivity contribution is 0.0995. The molecule has 1 amide bonds. The molecule has 1 rings (SSSR count). The summed E-state index contributed by atoms with van der Waals surface area (Å²) in [5.41, 5.74) is 11.8. The molecule has 1 heterocycles. The second kappa shape index (κ2) is 5.31. The van der Waals surface area contributed by atoms with Crippen LogP contribution in [0.1, 0.15) is 23.8 Å². The molecule has 1 aromatic heterocycles. The number of hydrogen-bond acceptors (Lipinski definition) is 4. The fraction of sp³-hybridized carbons (Fsp3) is 0.400. The second-order valence-electron chi connectivity index (χ2n) is 3.49. The largest absolute Gasteiger partial charge is 0.385 e. The smallest absolute Gasteiger partial charge is 0.267 e. The number of carbonyl (C=O) groups is 1. The van der Waals surface area contributed by atoms with Crippen LogP contribution in [0.4, 0.5) is 5.69 Å². The van der Waals surface area contributed by atoms with Crippen LogP contribution in [0.15, 0.2) is 18.3 Å². The van der Waals surface area contributed by atoms with Gasteiger partial charge in [-0.2, -0.15) is 0 Å². The number of nitrogens with zero attached hydrogens (tertiary/aromatic N) is 1. The van der Waals surface area contributed by atoms with E-state index in [1.54, 1.807) is 18.3 Å². The van der Waals surface area contributed by atoms with Crippen LogP contribution >= 0.6 is 0 Å². The number of primary amides is 1. The van der Waals surface area contributed by atoms with Gasteiger partial charge in [-0.25, -0.2) is 0 Å². The molecular formula is C10H16N4O. The van der Waals surface area contributed by atoms with Gasteiger partial charge in [-0.1, -0.05) is 0 Å². The van der Waals surface area contributed by atoms with Crippen molar-refractivity contribution in [2.45, 2.75) is 19.4 Å². The molecule has 0 radical (unpaired) electrons. The molecule has 0 aliphatic carbocycles. The Morgan fingerprint density at radius 1 is 1.67 bits per heavy atom. The zero-order chi connectivity index (χ0) is 11.3. The van der Waals surface area contributed by atoms with Crippen LogP contribution in [-0.2, 0) is 0 Å². The molecule has 1 unspecified atom stereocenters. The van der Waals surface area contributed by atoms with Gasteiger partial charge in [0.15, 0.2) is 0 Å². The van der Waals surface area contributed by atoms with Crippen molar-refractivity contribution in [2.24, 2.45) is 11.5 Å². The number of rotatable bonds is 5. The van der Waals surface area contributed by atoms with E-state index in [1.165, 1.54) is 0 Å². The first kappa shape index (κ1) is 11.5. The number of nitrogens with one attached hydrogen (secondary N) is 1. The highest BCUT2D eigenvalue weighted by molar-refractivity contribution is 5.91. The number of carbonyl (C=O) groups excluding carboxylic acids is 1. The van der Waals surface area contributed by atoms with E-state index in [0.29, 0.717) is 0 Å². The Labute approximate surface area is 88.9 Å². The van der Waals surface area contributed by atoms with Crippen molar-refractivity contribution in [3.05, 3.63) is 24.0 Å². The molecule has 1 atom stereocenters. The van der Waals surface area contributed by atoms with Gasteiger partial charge in [0.25, 0.3) is 5.91 Å². The van der Waals surface area contributed by atoms with Crippen molar-refractivity contribution < 1.29 is 4.79 Å². The summed E-state index contributed by atoms with van der Waals surface area (Å²) in [5.74, 6) is -0.522. The monoisotopic (exact) mass is 208 g/mol. The minimum absolute atomic E-state index is 0.162. The third-order valence-corrected chi connectivity index (χ3v) is 1.94. The number of aromatic nitrogens is 1. The van der Waals surface area contributed by atoms with E-state index in [-0.39, 0.29) is 11.7 Å². The number of pyridine rings is 1. The zero-order valence-electron chi connectivity index (χ0n) is 8.73. The minimum atomic E-state index is -0.522. The Balaban J connectivity index is 2.54. The van der Waals surface area contributed by atoms with E-state index in [4.69, 9.17) is 11.5 Å². The Morgan fingerprint density at radius 2 is 2.40 bits per heavy atom. The van der Waals surface area contributed by atoms with E-state index in [1.807, 2.05) is 6.92 Å². The summed E-state index contributed by atoms with van der Waals surface area (Å²) in [7, 11) is 0. The van der Waals surface area contributed by atoms with Crippen molar-refractivity contribution in [3.63, 3.8) is 0 Å². The lowest BCUT2D eigenvalue weighted by atomic mass is 10.2. The van der Waals surface area contributed by atoms with Gasteiger partial charge in [0.05, 0.1) is 0 Å². The summed E-state index contributed by atoms with van der Waals surface area (Å²) < 4.78 is 0. The van der Waals surface area contributed by atoms with E-state index in [9.17, 15) is 4.79 Å². The fourth-order valence-electron chi connectivity index (χ4n) is 1.12. The van der Waals surface area contributed by atoms with Gasteiger partial charge in [-0.05, 0) is 25.5 Å².